The number of hydrogen-bond acceptors (Lipinski definition) is 6. The van der Waals surface area contributed by atoms with E-state index in [0.29, 0.717) is 32.8 Å². The predicted octanol–water partition coefficient (Wildman–Crippen LogP) is 5.78. The van der Waals surface area contributed by atoms with Crippen LogP contribution in [0.15, 0.2) is 42.5 Å². The predicted molar refractivity (Wildman–Crippen MR) is 139 cm³/mol. The first kappa shape index (κ1) is 24.0. The minimum atomic E-state index is -0.500. The van der Waals surface area contributed by atoms with Crippen molar-refractivity contribution < 1.29 is 9.53 Å². The Bertz CT molecular complexity index is 1290. The summed E-state index contributed by atoms with van der Waals surface area (Å²) in [4.78, 5) is 24.7. The molecule has 0 unspecified atom stereocenters. The minimum absolute atomic E-state index is 0.0190. The first-order valence-corrected chi connectivity index (χ1v) is 12.7. The molecule has 0 saturated carbocycles. The molecule has 2 aliphatic rings. The normalized spacial score (nSPS) is 18.5. The maximum Gasteiger partial charge on any atom is 0.360 e. The molecule has 1 spiro atoms. The lowest BCUT2D eigenvalue weighted by Crippen LogP contribution is -2.45. The average molecular weight is 511 g/mol. The number of esters is 1. The van der Waals surface area contributed by atoms with Crippen LogP contribution in [-0.2, 0) is 11.2 Å². The maximum absolute atomic E-state index is 13.0. The molecule has 1 atom stereocenters. The number of fused-ring (bicyclic) bond motifs is 1. The number of benzene rings is 2. The summed E-state index contributed by atoms with van der Waals surface area (Å²) >= 11 is 12.7. The van der Waals surface area contributed by atoms with Gasteiger partial charge in [-0.2, -0.15) is 0 Å². The number of aryl methyl sites for hydroxylation is 1. The number of nitrogens with two attached hydrogens (primary N) is 1. The third kappa shape index (κ3) is 4.18. The monoisotopic (exact) mass is 510 g/mol. The van der Waals surface area contributed by atoms with Crippen LogP contribution in [-0.4, -0.2) is 35.6 Å². The van der Waals surface area contributed by atoms with Crippen molar-refractivity contribution in [2.75, 3.05) is 24.6 Å². The van der Waals surface area contributed by atoms with Gasteiger partial charge in [-0.15, -0.1) is 0 Å². The van der Waals surface area contributed by atoms with Gasteiger partial charge in [0, 0.05) is 24.7 Å². The van der Waals surface area contributed by atoms with Crippen molar-refractivity contribution in [1.29, 1.82) is 0 Å². The summed E-state index contributed by atoms with van der Waals surface area (Å²) in [6.45, 7) is 5.36. The Hall–Kier alpha value is -2.67. The number of carbonyl (C=O) groups excluding carboxylic acids is 1. The van der Waals surface area contributed by atoms with E-state index in [1.54, 1.807) is 19.1 Å². The summed E-state index contributed by atoms with van der Waals surface area (Å²) in [5.74, 6) is 0.0430. The van der Waals surface area contributed by atoms with Gasteiger partial charge in [0.25, 0.3) is 0 Å². The second kappa shape index (κ2) is 9.41. The topological polar surface area (TPSA) is 81.3 Å². The van der Waals surface area contributed by atoms with Crippen LogP contribution in [0.4, 0.5) is 5.82 Å². The van der Waals surface area contributed by atoms with Crippen molar-refractivity contribution in [3.8, 4) is 11.3 Å². The van der Waals surface area contributed by atoms with Crippen molar-refractivity contribution in [2.45, 2.75) is 39.2 Å². The Balaban J connectivity index is 1.48. The zero-order chi connectivity index (χ0) is 24.7. The van der Waals surface area contributed by atoms with Crippen LogP contribution in [0.25, 0.3) is 11.3 Å². The number of anilines is 1. The van der Waals surface area contributed by atoms with Crippen LogP contribution in [0.5, 0.6) is 0 Å². The Morgan fingerprint density at radius 1 is 1.14 bits per heavy atom. The van der Waals surface area contributed by atoms with E-state index in [1.165, 1.54) is 11.1 Å². The fraction of sp³-hybridized carbons (Fsp3) is 0.370. The number of aromatic nitrogens is 2. The van der Waals surface area contributed by atoms with Crippen LogP contribution in [0.1, 0.15) is 53.1 Å². The summed E-state index contributed by atoms with van der Waals surface area (Å²) in [5, 5.41) is 0.797. The van der Waals surface area contributed by atoms with Gasteiger partial charge in [0.15, 0.2) is 11.5 Å². The molecule has 0 amide bonds. The summed E-state index contributed by atoms with van der Waals surface area (Å²) < 4.78 is 5.35. The Morgan fingerprint density at radius 2 is 1.89 bits per heavy atom. The summed E-state index contributed by atoms with van der Waals surface area (Å²) in [7, 11) is 0. The van der Waals surface area contributed by atoms with E-state index in [-0.39, 0.29) is 23.8 Å². The van der Waals surface area contributed by atoms with Crippen molar-refractivity contribution in [2.24, 2.45) is 11.1 Å². The van der Waals surface area contributed by atoms with Crippen molar-refractivity contribution in [1.82, 2.24) is 9.97 Å². The molecule has 1 fully saturated rings. The number of nitrogens with zero attached hydrogens (tertiary/aromatic N) is 3. The van der Waals surface area contributed by atoms with E-state index < -0.39 is 5.97 Å². The molecule has 1 saturated heterocycles. The standard InChI is InChI=1S/C27H28Cl2N4O2/c1-3-35-26(34)23-25(31-16(2)22(32-23)19-9-6-10-20(28)21(19)29)33-13-11-27(12-14-33)15-17-7-4-5-8-18(17)24(27)30/h4-10,24H,3,11-15,30H2,1-2H3/t24-/m1/s1. The lowest BCUT2D eigenvalue weighted by Gasteiger charge is -2.42. The molecule has 5 rings (SSSR count). The number of rotatable bonds is 4. The molecular formula is C27H28Cl2N4O2. The van der Waals surface area contributed by atoms with Crippen LogP contribution in [0.2, 0.25) is 10.0 Å². The molecule has 2 N–H and O–H groups in total. The first-order valence-electron chi connectivity index (χ1n) is 11.9. The molecular weight excluding hydrogens is 483 g/mol. The van der Waals surface area contributed by atoms with E-state index in [0.717, 1.165) is 32.4 Å². The number of ether oxygens (including phenoxy) is 1. The molecule has 1 aliphatic heterocycles. The Morgan fingerprint density at radius 3 is 2.60 bits per heavy atom. The SMILES string of the molecule is CCOC(=O)c1nc(-c2cccc(Cl)c2Cl)c(C)nc1N1CCC2(CC1)Cc1ccccc1[C@H]2N. The number of piperidine rings is 1. The zero-order valence-electron chi connectivity index (χ0n) is 19.9. The third-order valence-electron chi connectivity index (χ3n) is 7.38. The van der Waals surface area contributed by atoms with E-state index >= 15 is 0 Å². The molecule has 182 valence electrons. The molecule has 2 heterocycles. The van der Waals surface area contributed by atoms with Crippen LogP contribution in [0, 0.1) is 12.3 Å². The second-order valence-electron chi connectivity index (χ2n) is 9.35. The van der Waals surface area contributed by atoms with Gasteiger partial charge in [-0.25, -0.2) is 14.8 Å². The van der Waals surface area contributed by atoms with Gasteiger partial charge < -0.3 is 15.4 Å². The minimum Gasteiger partial charge on any atom is -0.461 e. The lowest BCUT2D eigenvalue weighted by atomic mass is 9.73. The van der Waals surface area contributed by atoms with E-state index in [2.05, 4.69) is 29.2 Å². The molecule has 1 aromatic heterocycles. The third-order valence-corrected chi connectivity index (χ3v) is 8.20. The second-order valence-corrected chi connectivity index (χ2v) is 10.1. The zero-order valence-corrected chi connectivity index (χ0v) is 21.4. The number of halogens is 2. The van der Waals surface area contributed by atoms with Crippen molar-refractivity contribution in [3.05, 3.63) is 75.0 Å². The summed E-state index contributed by atoms with van der Waals surface area (Å²) in [6, 6.07) is 13.8. The molecule has 0 bridgehead atoms. The van der Waals surface area contributed by atoms with Crippen LogP contribution >= 0.6 is 23.2 Å². The molecule has 6 nitrogen and oxygen atoms in total. The first-order chi connectivity index (χ1) is 16.8. The molecule has 0 radical (unpaired) electrons. The van der Waals surface area contributed by atoms with E-state index in [9.17, 15) is 4.79 Å². The average Bonchev–Trinajstić information content (AvgIpc) is 3.12. The van der Waals surface area contributed by atoms with Gasteiger partial charge in [-0.05, 0) is 55.7 Å². The Kier molecular flexibility index (Phi) is 6.47. The van der Waals surface area contributed by atoms with Crippen molar-refractivity contribution >= 4 is 35.0 Å². The van der Waals surface area contributed by atoms with Gasteiger partial charge in [0.2, 0.25) is 0 Å². The van der Waals surface area contributed by atoms with Gasteiger partial charge in [0.1, 0.15) is 0 Å². The lowest BCUT2D eigenvalue weighted by molar-refractivity contribution is 0.0519. The highest BCUT2D eigenvalue weighted by atomic mass is 35.5. The molecule has 8 heteroatoms. The summed E-state index contributed by atoms with van der Waals surface area (Å²) in [5.41, 5.74) is 11.4. The smallest absolute Gasteiger partial charge is 0.360 e. The highest BCUT2D eigenvalue weighted by Crippen LogP contribution is 2.51. The van der Waals surface area contributed by atoms with E-state index in [1.807, 2.05) is 13.0 Å². The molecule has 35 heavy (non-hydrogen) atoms. The fourth-order valence-corrected chi connectivity index (χ4v) is 5.87. The quantitative estimate of drug-likeness (QED) is 0.448. The van der Waals surface area contributed by atoms with Crippen LogP contribution in [0.3, 0.4) is 0 Å². The molecule has 1 aliphatic carbocycles. The van der Waals surface area contributed by atoms with Gasteiger partial charge in [-0.3, -0.25) is 0 Å². The number of carbonyl (C=O) groups is 1. The largest absolute Gasteiger partial charge is 0.461 e. The highest BCUT2D eigenvalue weighted by molar-refractivity contribution is 6.43. The number of hydrogen-bond donors (Lipinski definition) is 1. The van der Waals surface area contributed by atoms with Crippen LogP contribution < -0.4 is 10.6 Å². The maximum atomic E-state index is 13.0. The fourth-order valence-electron chi connectivity index (χ4n) is 5.48. The van der Waals surface area contributed by atoms with Gasteiger partial charge >= 0.3 is 5.97 Å². The summed E-state index contributed by atoms with van der Waals surface area (Å²) in [6.07, 6.45) is 2.81. The van der Waals surface area contributed by atoms with Crippen molar-refractivity contribution in [3.63, 3.8) is 0 Å². The van der Waals surface area contributed by atoms with E-state index in [4.69, 9.17) is 43.6 Å². The molecule has 2 aromatic carbocycles. The molecule has 3 aromatic rings. The van der Waals surface area contributed by atoms with Gasteiger partial charge in [0.05, 0.1) is 28.0 Å². The highest BCUT2D eigenvalue weighted by Gasteiger charge is 2.46. The van der Waals surface area contributed by atoms with Gasteiger partial charge in [-0.1, -0.05) is 59.6 Å². The Labute approximate surface area is 215 Å².